The van der Waals surface area contributed by atoms with Crippen LogP contribution in [0.1, 0.15) is 88.4 Å². The van der Waals surface area contributed by atoms with E-state index in [0.717, 1.165) is 24.1 Å². The lowest BCUT2D eigenvalue weighted by atomic mass is 9.85. The number of nitrogens with one attached hydrogen (secondary N) is 1. The first-order valence-electron chi connectivity index (χ1n) is 8.78. The highest BCUT2D eigenvalue weighted by molar-refractivity contribution is 7.16. The molecule has 0 saturated heterocycles. The Hall–Kier alpha value is -1.36. The zero-order valence-corrected chi connectivity index (χ0v) is 16.6. The third-order valence-corrected chi connectivity index (χ3v) is 4.94. The van der Waals surface area contributed by atoms with Crippen molar-refractivity contribution in [3.8, 4) is 0 Å². The fourth-order valence-corrected chi connectivity index (χ4v) is 3.77. The summed E-state index contributed by atoms with van der Waals surface area (Å²) < 4.78 is 5.14. The molecule has 1 aromatic heterocycles. The van der Waals surface area contributed by atoms with Crippen molar-refractivity contribution in [2.75, 3.05) is 11.9 Å². The molecule has 0 bridgehead atoms. The van der Waals surface area contributed by atoms with Crippen molar-refractivity contribution in [3.63, 3.8) is 0 Å². The van der Waals surface area contributed by atoms with Crippen LogP contribution in [0.15, 0.2) is 6.07 Å². The first-order chi connectivity index (χ1) is 11.2. The first kappa shape index (κ1) is 20.7. The lowest BCUT2D eigenvalue weighted by Crippen LogP contribution is -2.13. The highest BCUT2D eigenvalue weighted by Crippen LogP contribution is 2.38. The van der Waals surface area contributed by atoms with E-state index in [2.05, 4.69) is 39.9 Å². The summed E-state index contributed by atoms with van der Waals surface area (Å²) in [4.78, 5) is 25.4. The number of hydrogen-bond donors (Lipinski definition) is 1. The maximum Gasteiger partial charge on any atom is 0.341 e. The third-order valence-electron chi connectivity index (χ3n) is 3.66. The maximum atomic E-state index is 12.2. The topological polar surface area (TPSA) is 55.4 Å². The summed E-state index contributed by atoms with van der Waals surface area (Å²) >= 11 is 1.49. The minimum atomic E-state index is -0.367. The summed E-state index contributed by atoms with van der Waals surface area (Å²) in [5.41, 5.74) is 0.681. The zero-order valence-electron chi connectivity index (χ0n) is 15.8. The van der Waals surface area contributed by atoms with Crippen molar-refractivity contribution in [3.05, 3.63) is 16.5 Å². The standard InChI is InChI=1S/C19H31NO3S/c1-7-9-10-16(21)20-17-14(18(22)23-8-2)11-15(24-17)13(3)12-19(4,5)6/h11,13H,7-10,12H2,1-6H3,(H,20,21). The molecule has 4 nitrogen and oxygen atoms in total. The monoisotopic (exact) mass is 353 g/mol. The van der Waals surface area contributed by atoms with Crippen LogP contribution in [0.4, 0.5) is 5.00 Å². The van der Waals surface area contributed by atoms with Gasteiger partial charge in [0.1, 0.15) is 5.00 Å². The normalized spacial score (nSPS) is 12.8. The van der Waals surface area contributed by atoms with Crippen molar-refractivity contribution in [1.82, 2.24) is 0 Å². The van der Waals surface area contributed by atoms with Crippen molar-refractivity contribution in [2.24, 2.45) is 5.41 Å². The molecule has 1 heterocycles. The summed E-state index contributed by atoms with van der Waals surface area (Å²) in [6.07, 6.45) is 3.30. The van der Waals surface area contributed by atoms with E-state index in [-0.39, 0.29) is 17.3 Å². The van der Waals surface area contributed by atoms with Gasteiger partial charge in [-0.3, -0.25) is 4.79 Å². The predicted octanol–water partition coefficient (Wildman–Crippen LogP) is 5.59. The van der Waals surface area contributed by atoms with E-state index in [9.17, 15) is 9.59 Å². The van der Waals surface area contributed by atoms with Gasteiger partial charge in [0.25, 0.3) is 0 Å². The number of unbranched alkanes of at least 4 members (excludes halogenated alkanes) is 1. The summed E-state index contributed by atoms with van der Waals surface area (Å²) in [5.74, 6) is -0.0857. The SMILES string of the molecule is CCCCC(=O)Nc1sc(C(C)CC(C)(C)C)cc1C(=O)OCC. The zero-order chi connectivity index (χ0) is 18.3. The molecule has 0 saturated carbocycles. The molecule has 1 unspecified atom stereocenters. The minimum Gasteiger partial charge on any atom is -0.462 e. The molecule has 1 rings (SSSR count). The lowest BCUT2D eigenvalue weighted by Gasteiger charge is -2.22. The van der Waals surface area contributed by atoms with Gasteiger partial charge < -0.3 is 10.1 Å². The van der Waals surface area contributed by atoms with Crippen LogP contribution in [0, 0.1) is 5.41 Å². The molecule has 1 amide bonds. The molecule has 24 heavy (non-hydrogen) atoms. The van der Waals surface area contributed by atoms with E-state index in [1.165, 1.54) is 11.3 Å². The lowest BCUT2D eigenvalue weighted by molar-refractivity contribution is -0.116. The second-order valence-electron chi connectivity index (χ2n) is 7.43. The van der Waals surface area contributed by atoms with Gasteiger partial charge in [-0.2, -0.15) is 0 Å². The summed E-state index contributed by atoms with van der Waals surface area (Å²) in [6.45, 7) is 12.9. The van der Waals surface area contributed by atoms with Crippen LogP contribution in [-0.2, 0) is 9.53 Å². The minimum absolute atomic E-state index is 0.0423. The Bertz CT molecular complexity index is 557. The predicted molar refractivity (Wildman–Crippen MR) is 101 cm³/mol. The summed E-state index contributed by atoms with van der Waals surface area (Å²) in [6, 6.07) is 1.88. The number of anilines is 1. The Morgan fingerprint density at radius 1 is 1.29 bits per heavy atom. The molecule has 0 aliphatic carbocycles. The molecule has 5 heteroatoms. The van der Waals surface area contributed by atoms with Crippen LogP contribution in [0.2, 0.25) is 0 Å². The van der Waals surface area contributed by atoms with Gasteiger partial charge in [0, 0.05) is 11.3 Å². The van der Waals surface area contributed by atoms with E-state index in [1.807, 2.05) is 6.07 Å². The molecule has 0 aromatic carbocycles. The molecule has 0 radical (unpaired) electrons. The fraction of sp³-hybridized carbons (Fsp3) is 0.684. The fourth-order valence-electron chi connectivity index (χ4n) is 2.65. The van der Waals surface area contributed by atoms with E-state index >= 15 is 0 Å². The maximum absolute atomic E-state index is 12.2. The van der Waals surface area contributed by atoms with E-state index in [1.54, 1.807) is 6.92 Å². The van der Waals surface area contributed by atoms with E-state index in [0.29, 0.717) is 29.5 Å². The largest absolute Gasteiger partial charge is 0.462 e. The van der Waals surface area contributed by atoms with Crippen molar-refractivity contribution < 1.29 is 14.3 Å². The average molecular weight is 354 g/mol. The number of esters is 1. The first-order valence-corrected chi connectivity index (χ1v) is 9.60. The highest BCUT2D eigenvalue weighted by Gasteiger charge is 2.23. The molecule has 0 spiro atoms. The average Bonchev–Trinajstić information content (AvgIpc) is 2.87. The van der Waals surface area contributed by atoms with E-state index in [4.69, 9.17) is 4.74 Å². The molecule has 1 N–H and O–H groups in total. The van der Waals surface area contributed by atoms with E-state index < -0.39 is 0 Å². The van der Waals surface area contributed by atoms with Gasteiger partial charge in [0.2, 0.25) is 5.91 Å². The molecular formula is C19H31NO3S. The summed E-state index contributed by atoms with van der Waals surface area (Å²) in [5, 5.41) is 3.52. The Morgan fingerprint density at radius 2 is 1.96 bits per heavy atom. The van der Waals surface area contributed by atoms with Crippen LogP contribution < -0.4 is 5.32 Å². The van der Waals surface area contributed by atoms with Gasteiger partial charge in [-0.15, -0.1) is 11.3 Å². The molecule has 1 aromatic rings. The Balaban J connectivity index is 3.01. The molecule has 0 fully saturated rings. The van der Waals surface area contributed by atoms with Crippen LogP contribution in [-0.4, -0.2) is 18.5 Å². The van der Waals surface area contributed by atoms with Gasteiger partial charge in [-0.1, -0.05) is 41.0 Å². The van der Waals surface area contributed by atoms with Crippen LogP contribution in [0.5, 0.6) is 0 Å². The van der Waals surface area contributed by atoms with Gasteiger partial charge in [-0.05, 0) is 37.2 Å². The quantitative estimate of drug-likeness (QED) is 0.619. The number of ether oxygens (including phenoxy) is 1. The van der Waals surface area contributed by atoms with Crippen molar-refractivity contribution >= 4 is 28.2 Å². The number of amides is 1. The van der Waals surface area contributed by atoms with Crippen molar-refractivity contribution in [1.29, 1.82) is 0 Å². The van der Waals surface area contributed by atoms with Crippen LogP contribution in [0.3, 0.4) is 0 Å². The molecule has 136 valence electrons. The number of carbonyl (C=O) groups excluding carboxylic acids is 2. The second kappa shape index (κ2) is 9.21. The van der Waals surface area contributed by atoms with Gasteiger partial charge in [0.15, 0.2) is 0 Å². The molecule has 0 aliphatic heterocycles. The Morgan fingerprint density at radius 3 is 2.50 bits per heavy atom. The number of carbonyl (C=O) groups is 2. The third kappa shape index (κ3) is 6.63. The summed E-state index contributed by atoms with van der Waals surface area (Å²) in [7, 11) is 0. The van der Waals surface area contributed by atoms with Gasteiger partial charge in [0.05, 0.1) is 12.2 Å². The Labute approximate surface area is 150 Å². The number of thiophene rings is 1. The van der Waals surface area contributed by atoms with Crippen LogP contribution >= 0.6 is 11.3 Å². The van der Waals surface area contributed by atoms with Crippen molar-refractivity contribution in [2.45, 2.75) is 73.1 Å². The molecular weight excluding hydrogens is 322 g/mol. The Kier molecular flexibility index (Phi) is 7.94. The number of rotatable bonds is 8. The smallest absolute Gasteiger partial charge is 0.341 e. The van der Waals surface area contributed by atoms with Crippen LogP contribution in [0.25, 0.3) is 0 Å². The van der Waals surface area contributed by atoms with Gasteiger partial charge >= 0.3 is 5.97 Å². The highest BCUT2D eigenvalue weighted by atomic mass is 32.1. The second-order valence-corrected chi connectivity index (χ2v) is 8.51. The number of hydrogen-bond acceptors (Lipinski definition) is 4. The molecule has 0 aliphatic rings. The van der Waals surface area contributed by atoms with Gasteiger partial charge in [-0.25, -0.2) is 4.79 Å². The molecule has 1 atom stereocenters.